The molecule has 3 N–H and O–H groups in total. The molecule has 1 heterocycles. The largest absolute Gasteiger partial charge is 0.367 e. The highest BCUT2D eigenvalue weighted by atomic mass is 19.1. The van der Waals surface area contributed by atoms with Crippen molar-refractivity contribution in [3.63, 3.8) is 0 Å². The Hall–Kier alpha value is -3.14. The molecule has 0 amide bonds. The van der Waals surface area contributed by atoms with Crippen LogP contribution in [0.3, 0.4) is 0 Å². The van der Waals surface area contributed by atoms with Crippen molar-refractivity contribution in [3.05, 3.63) is 54.2 Å². The summed E-state index contributed by atoms with van der Waals surface area (Å²) < 4.78 is 12.2. The topological polar surface area (TPSA) is 87.8 Å². The number of aromatic nitrogens is 1. The van der Waals surface area contributed by atoms with Gasteiger partial charge in [-0.3, -0.25) is 5.41 Å². The van der Waals surface area contributed by atoms with Gasteiger partial charge in [-0.05, 0) is 37.0 Å². The molecule has 2 aromatic rings. The van der Waals surface area contributed by atoms with Crippen molar-refractivity contribution in [1.29, 1.82) is 10.7 Å². The number of halogens is 1. The molecule has 134 valence electrons. The molecule has 26 heavy (non-hydrogen) atoms. The summed E-state index contributed by atoms with van der Waals surface area (Å²) in [6.07, 6.45) is 6.42. The van der Waals surface area contributed by atoms with Gasteiger partial charge in [0.05, 0.1) is 17.4 Å². The minimum atomic E-state index is -0.467. The van der Waals surface area contributed by atoms with Crippen molar-refractivity contribution in [2.75, 3.05) is 23.9 Å². The number of nitriles is 1. The Morgan fingerprint density at radius 2 is 2.04 bits per heavy atom. The van der Waals surface area contributed by atoms with Gasteiger partial charge in [0.25, 0.3) is 0 Å². The number of rotatable bonds is 6. The van der Waals surface area contributed by atoms with Crippen molar-refractivity contribution >= 4 is 17.5 Å². The molecule has 1 fully saturated rings. The first-order valence-corrected chi connectivity index (χ1v) is 8.56. The van der Waals surface area contributed by atoms with Gasteiger partial charge in [-0.1, -0.05) is 30.3 Å². The van der Waals surface area contributed by atoms with Crippen LogP contribution in [-0.4, -0.2) is 29.1 Å². The number of guanidine groups is 1. The molecule has 1 aliphatic rings. The second-order valence-corrected chi connectivity index (χ2v) is 6.21. The molecule has 3 rings (SSSR count). The monoisotopic (exact) mass is 352 g/mol. The van der Waals surface area contributed by atoms with Crippen LogP contribution in [0, 0.1) is 16.9 Å². The predicted octanol–water partition coefficient (Wildman–Crippen LogP) is 3.67. The zero-order chi connectivity index (χ0) is 18.4. The van der Waals surface area contributed by atoms with Gasteiger partial charge >= 0.3 is 0 Å². The van der Waals surface area contributed by atoms with Crippen LogP contribution in [0.1, 0.15) is 24.8 Å². The summed E-state index contributed by atoms with van der Waals surface area (Å²) in [4.78, 5) is 5.62. The smallest absolute Gasteiger partial charge is 0.209 e. The van der Waals surface area contributed by atoms with Crippen molar-refractivity contribution in [1.82, 2.24) is 9.88 Å². The highest BCUT2D eigenvalue weighted by Crippen LogP contribution is 2.46. The zero-order valence-electron chi connectivity index (χ0n) is 14.4. The Balaban J connectivity index is 1.74. The third-order valence-electron chi connectivity index (χ3n) is 4.67. The maximum Gasteiger partial charge on any atom is 0.209 e. The van der Waals surface area contributed by atoms with Gasteiger partial charge < -0.3 is 10.6 Å². The van der Waals surface area contributed by atoms with Gasteiger partial charge in [0.15, 0.2) is 6.19 Å². The fourth-order valence-corrected chi connectivity index (χ4v) is 3.20. The molecule has 0 aliphatic heterocycles. The summed E-state index contributed by atoms with van der Waals surface area (Å²) in [7, 11) is 0. The molecule has 7 heteroatoms. The fourth-order valence-electron chi connectivity index (χ4n) is 3.20. The van der Waals surface area contributed by atoms with Crippen LogP contribution < -0.4 is 10.6 Å². The molecule has 0 unspecified atom stereocenters. The summed E-state index contributed by atoms with van der Waals surface area (Å²) in [5.74, 6) is 0.582. The normalized spacial score (nSPS) is 14.6. The molecule has 1 aromatic carbocycles. The quantitative estimate of drug-likeness (QED) is 0.319. The second kappa shape index (κ2) is 7.83. The van der Waals surface area contributed by atoms with E-state index in [4.69, 9.17) is 5.41 Å². The SMILES string of the molecule is N#CN(C(=N)Nc1ccc(NCCF)nc1)C1(c2ccccc2)CCC1. The van der Waals surface area contributed by atoms with Crippen LogP contribution in [0.4, 0.5) is 15.9 Å². The lowest BCUT2D eigenvalue weighted by Crippen LogP contribution is -2.53. The third-order valence-corrected chi connectivity index (χ3v) is 4.67. The Kier molecular flexibility index (Phi) is 5.32. The molecular formula is C19H21FN6. The number of nitrogens with zero attached hydrogens (tertiary/aromatic N) is 3. The minimum Gasteiger partial charge on any atom is -0.367 e. The maximum atomic E-state index is 12.2. The van der Waals surface area contributed by atoms with Gasteiger partial charge in [-0.15, -0.1) is 0 Å². The number of pyridine rings is 1. The zero-order valence-corrected chi connectivity index (χ0v) is 14.4. The van der Waals surface area contributed by atoms with Gasteiger partial charge in [-0.2, -0.15) is 5.26 Å². The number of nitrogens with one attached hydrogen (secondary N) is 3. The van der Waals surface area contributed by atoms with Crippen molar-refractivity contribution in [2.24, 2.45) is 0 Å². The lowest BCUT2D eigenvalue weighted by molar-refractivity contribution is 0.117. The molecule has 0 spiro atoms. The van der Waals surface area contributed by atoms with E-state index < -0.39 is 12.2 Å². The van der Waals surface area contributed by atoms with Crippen molar-refractivity contribution in [2.45, 2.75) is 24.8 Å². The van der Waals surface area contributed by atoms with Crippen LogP contribution in [0.15, 0.2) is 48.7 Å². The molecule has 0 atom stereocenters. The summed E-state index contributed by atoms with van der Waals surface area (Å²) in [6.45, 7) is -0.261. The molecule has 1 aromatic heterocycles. The molecular weight excluding hydrogens is 331 g/mol. The minimum absolute atomic E-state index is 0.0160. The predicted molar refractivity (Wildman–Crippen MR) is 99.5 cm³/mol. The summed E-state index contributed by atoms with van der Waals surface area (Å²) >= 11 is 0. The van der Waals surface area contributed by atoms with E-state index in [0.29, 0.717) is 11.5 Å². The third kappa shape index (κ3) is 3.45. The highest BCUT2D eigenvalue weighted by molar-refractivity contribution is 5.93. The summed E-state index contributed by atoms with van der Waals surface area (Å²) in [6, 6.07) is 13.3. The number of hydrogen-bond acceptors (Lipinski definition) is 4. The van der Waals surface area contributed by atoms with E-state index in [-0.39, 0.29) is 12.5 Å². The molecule has 1 aliphatic carbocycles. The van der Waals surface area contributed by atoms with Crippen LogP contribution >= 0.6 is 0 Å². The highest BCUT2D eigenvalue weighted by Gasteiger charge is 2.46. The number of alkyl halides is 1. The van der Waals surface area contributed by atoms with E-state index in [2.05, 4.69) is 21.8 Å². The van der Waals surface area contributed by atoms with Crippen LogP contribution in [-0.2, 0) is 5.54 Å². The first kappa shape index (κ1) is 17.7. The maximum absolute atomic E-state index is 12.2. The Morgan fingerprint density at radius 3 is 2.58 bits per heavy atom. The first-order chi connectivity index (χ1) is 12.7. The lowest BCUT2D eigenvalue weighted by Gasteiger charge is -2.47. The second-order valence-electron chi connectivity index (χ2n) is 6.21. The average Bonchev–Trinajstić information content (AvgIpc) is 2.64. The van der Waals surface area contributed by atoms with E-state index in [1.54, 1.807) is 18.3 Å². The van der Waals surface area contributed by atoms with Crippen LogP contribution in [0.2, 0.25) is 0 Å². The molecule has 0 bridgehead atoms. The van der Waals surface area contributed by atoms with Crippen molar-refractivity contribution in [3.8, 4) is 6.19 Å². The van der Waals surface area contributed by atoms with Gasteiger partial charge in [-0.25, -0.2) is 14.3 Å². The van der Waals surface area contributed by atoms with Gasteiger partial charge in [0.1, 0.15) is 12.5 Å². The number of anilines is 2. The van der Waals surface area contributed by atoms with E-state index in [1.807, 2.05) is 30.3 Å². The Labute approximate surface area is 152 Å². The van der Waals surface area contributed by atoms with E-state index >= 15 is 0 Å². The lowest BCUT2D eigenvalue weighted by atomic mass is 9.70. The van der Waals surface area contributed by atoms with E-state index in [1.165, 1.54) is 4.90 Å². The number of benzene rings is 1. The van der Waals surface area contributed by atoms with E-state index in [9.17, 15) is 9.65 Å². The van der Waals surface area contributed by atoms with Gasteiger partial charge in [0.2, 0.25) is 5.96 Å². The molecule has 0 saturated heterocycles. The molecule has 6 nitrogen and oxygen atoms in total. The van der Waals surface area contributed by atoms with Crippen LogP contribution in [0.5, 0.6) is 0 Å². The fraction of sp³-hybridized carbons (Fsp3) is 0.316. The Bertz CT molecular complexity index is 780. The molecule has 0 radical (unpaired) electrons. The molecule has 1 saturated carbocycles. The van der Waals surface area contributed by atoms with Crippen LogP contribution in [0.25, 0.3) is 0 Å². The Morgan fingerprint density at radius 1 is 1.27 bits per heavy atom. The summed E-state index contributed by atoms with van der Waals surface area (Å²) in [5.41, 5.74) is 1.18. The standard InChI is InChI=1S/C19H21FN6/c20-11-12-23-17-8-7-16(13-24-17)25-18(22)26(14-21)19(9-4-10-19)15-5-2-1-3-6-15/h1-3,5-8,13H,4,9-12H2,(H2,22,25)(H,23,24). The summed E-state index contributed by atoms with van der Waals surface area (Å²) in [5, 5.41) is 23.9. The average molecular weight is 352 g/mol. The number of hydrogen-bond donors (Lipinski definition) is 3. The van der Waals surface area contributed by atoms with E-state index in [0.717, 1.165) is 24.8 Å². The van der Waals surface area contributed by atoms with Gasteiger partial charge in [0, 0.05) is 6.54 Å². The first-order valence-electron chi connectivity index (χ1n) is 8.56. The van der Waals surface area contributed by atoms with Crippen molar-refractivity contribution < 1.29 is 4.39 Å².